The third kappa shape index (κ3) is 2.23. The largest absolute Gasteiger partial charge is 0.391 e. The monoisotopic (exact) mass is 187 g/mol. The molecule has 2 nitrogen and oxygen atoms in total. The van der Waals surface area contributed by atoms with Gasteiger partial charge in [0.05, 0.1) is 12.1 Å². The lowest BCUT2D eigenvalue weighted by Gasteiger charge is -2.14. The summed E-state index contributed by atoms with van der Waals surface area (Å²) < 4.78 is 25.2. The number of aliphatic hydroxyl groups excluding tert-OH is 1. The van der Waals surface area contributed by atoms with Crippen molar-refractivity contribution in [1.82, 2.24) is 0 Å². The van der Waals surface area contributed by atoms with E-state index in [1.54, 1.807) is 0 Å². The van der Waals surface area contributed by atoms with Crippen molar-refractivity contribution in [3.63, 3.8) is 0 Å². The van der Waals surface area contributed by atoms with E-state index < -0.39 is 23.8 Å². The lowest BCUT2D eigenvalue weighted by molar-refractivity contribution is 0.164. The summed E-state index contributed by atoms with van der Waals surface area (Å²) in [5.41, 5.74) is 5.90. The van der Waals surface area contributed by atoms with Crippen molar-refractivity contribution in [3.05, 3.63) is 35.4 Å². The second-order valence-electron chi connectivity index (χ2n) is 2.94. The van der Waals surface area contributed by atoms with E-state index in [4.69, 9.17) is 10.8 Å². The Morgan fingerprint density at radius 2 is 1.92 bits per heavy atom. The molecule has 3 N–H and O–H groups in total. The van der Waals surface area contributed by atoms with Crippen molar-refractivity contribution >= 4 is 0 Å². The van der Waals surface area contributed by atoms with E-state index in [-0.39, 0.29) is 0 Å². The van der Waals surface area contributed by atoms with Gasteiger partial charge in [0.15, 0.2) is 11.6 Å². The fraction of sp³-hybridized carbons (Fsp3) is 0.333. The number of rotatable bonds is 2. The van der Waals surface area contributed by atoms with Crippen LogP contribution < -0.4 is 5.73 Å². The van der Waals surface area contributed by atoms with Crippen LogP contribution in [-0.4, -0.2) is 11.2 Å². The van der Waals surface area contributed by atoms with E-state index in [0.29, 0.717) is 5.56 Å². The molecule has 0 bridgehead atoms. The van der Waals surface area contributed by atoms with Gasteiger partial charge in [-0.3, -0.25) is 0 Å². The van der Waals surface area contributed by atoms with Crippen molar-refractivity contribution in [2.75, 3.05) is 0 Å². The lowest BCUT2D eigenvalue weighted by Crippen LogP contribution is -2.23. The molecular weight excluding hydrogens is 176 g/mol. The van der Waals surface area contributed by atoms with Gasteiger partial charge in [0.2, 0.25) is 0 Å². The summed E-state index contributed by atoms with van der Waals surface area (Å²) in [5, 5.41) is 9.09. The molecule has 72 valence electrons. The third-order valence-electron chi connectivity index (χ3n) is 1.85. The number of aliphatic hydroxyl groups is 1. The molecule has 2 atom stereocenters. The van der Waals surface area contributed by atoms with Gasteiger partial charge in [0.25, 0.3) is 0 Å². The summed E-state index contributed by atoms with van der Waals surface area (Å²) >= 11 is 0. The van der Waals surface area contributed by atoms with Crippen LogP contribution in [0.15, 0.2) is 18.2 Å². The van der Waals surface area contributed by atoms with E-state index in [1.165, 1.54) is 13.0 Å². The van der Waals surface area contributed by atoms with Gasteiger partial charge in [-0.2, -0.15) is 0 Å². The second kappa shape index (κ2) is 3.81. The van der Waals surface area contributed by atoms with Crippen LogP contribution in [0.1, 0.15) is 18.5 Å². The highest BCUT2D eigenvalue weighted by molar-refractivity contribution is 5.21. The van der Waals surface area contributed by atoms with E-state index in [1.807, 2.05) is 0 Å². The Labute approximate surface area is 75.0 Å². The minimum absolute atomic E-state index is 0.383. The summed E-state index contributed by atoms with van der Waals surface area (Å²) in [4.78, 5) is 0. The molecule has 0 amide bonds. The highest BCUT2D eigenvalue weighted by atomic mass is 19.2. The zero-order valence-electron chi connectivity index (χ0n) is 7.17. The van der Waals surface area contributed by atoms with E-state index in [9.17, 15) is 8.78 Å². The molecular formula is C9H11F2NO. The van der Waals surface area contributed by atoms with Crippen LogP contribution in [0.25, 0.3) is 0 Å². The van der Waals surface area contributed by atoms with Gasteiger partial charge in [0, 0.05) is 0 Å². The fourth-order valence-corrected chi connectivity index (χ4v) is 0.998. The Kier molecular flexibility index (Phi) is 2.95. The summed E-state index contributed by atoms with van der Waals surface area (Å²) in [6.45, 7) is 1.49. The Bertz CT molecular complexity index is 302. The smallest absolute Gasteiger partial charge is 0.159 e. The molecule has 13 heavy (non-hydrogen) atoms. The maximum absolute atomic E-state index is 12.7. The number of benzene rings is 1. The molecule has 1 aromatic rings. The van der Waals surface area contributed by atoms with Crippen LogP contribution in [0.2, 0.25) is 0 Å². The second-order valence-corrected chi connectivity index (χ2v) is 2.94. The van der Waals surface area contributed by atoms with E-state index in [2.05, 4.69) is 0 Å². The van der Waals surface area contributed by atoms with Crippen LogP contribution in [0.5, 0.6) is 0 Å². The van der Waals surface area contributed by atoms with E-state index in [0.717, 1.165) is 12.1 Å². The van der Waals surface area contributed by atoms with E-state index >= 15 is 0 Å². The van der Waals surface area contributed by atoms with Gasteiger partial charge < -0.3 is 10.8 Å². The van der Waals surface area contributed by atoms with Gasteiger partial charge in [0.1, 0.15) is 0 Å². The summed E-state index contributed by atoms with van der Waals surface area (Å²) in [5.74, 6) is -1.87. The average Bonchev–Trinajstić information content (AvgIpc) is 2.08. The molecule has 1 rings (SSSR count). The molecule has 0 unspecified atom stereocenters. The predicted octanol–water partition coefficient (Wildman–Crippen LogP) is 1.35. The van der Waals surface area contributed by atoms with Crippen molar-refractivity contribution in [2.45, 2.75) is 19.1 Å². The molecule has 1 aromatic carbocycles. The number of nitrogens with two attached hydrogens (primary N) is 1. The molecule has 0 fully saturated rings. The van der Waals surface area contributed by atoms with Crippen molar-refractivity contribution in [2.24, 2.45) is 5.73 Å². The van der Waals surface area contributed by atoms with Gasteiger partial charge in [-0.15, -0.1) is 0 Å². The SMILES string of the molecule is C[C@@H](O)[C@@H](N)c1ccc(F)c(F)c1. The summed E-state index contributed by atoms with van der Waals surface area (Å²) in [6, 6.07) is 2.66. The Morgan fingerprint density at radius 1 is 1.31 bits per heavy atom. The first-order chi connectivity index (χ1) is 6.02. The Morgan fingerprint density at radius 3 is 2.38 bits per heavy atom. The maximum Gasteiger partial charge on any atom is 0.159 e. The van der Waals surface area contributed by atoms with Crippen LogP contribution in [0, 0.1) is 11.6 Å². The molecule has 0 radical (unpaired) electrons. The standard InChI is InChI=1S/C9H11F2NO/c1-5(13)9(12)6-2-3-7(10)8(11)4-6/h2-5,9,13H,12H2,1H3/t5-,9-/m1/s1. The third-order valence-corrected chi connectivity index (χ3v) is 1.85. The highest BCUT2D eigenvalue weighted by Crippen LogP contribution is 2.16. The first-order valence-corrected chi connectivity index (χ1v) is 3.91. The van der Waals surface area contributed by atoms with Crippen LogP contribution in [0.3, 0.4) is 0 Å². The molecule has 0 heterocycles. The molecule has 0 aliphatic heterocycles. The molecule has 0 saturated heterocycles. The first-order valence-electron chi connectivity index (χ1n) is 3.91. The molecule has 0 aromatic heterocycles. The number of hydrogen-bond acceptors (Lipinski definition) is 2. The predicted molar refractivity (Wildman–Crippen MR) is 45.0 cm³/mol. The van der Waals surface area contributed by atoms with Crippen LogP contribution in [0.4, 0.5) is 8.78 Å². The van der Waals surface area contributed by atoms with Gasteiger partial charge in [-0.1, -0.05) is 6.07 Å². The molecule has 0 spiro atoms. The molecule has 0 aliphatic rings. The quantitative estimate of drug-likeness (QED) is 0.734. The molecule has 0 aliphatic carbocycles. The minimum Gasteiger partial charge on any atom is -0.391 e. The maximum atomic E-state index is 12.7. The van der Waals surface area contributed by atoms with Gasteiger partial charge >= 0.3 is 0 Å². The van der Waals surface area contributed by atoms with Crippen molar-refractivity contribution in [1.29, 1.82) is 0 Å². The molecule has 4 heteroatoms. The van der Waals surface area contributed by atoms with Gasteiger partial charge in [-0.05, 0) is 24.6 Å². The average molecular weight is 187 g/mol. The highest BCUT2D eigenvalue weighted by Gasteiger charge is 2.13. The zero-order valence-corrected chi connectivity index (χ0v) is 7.17. The lowest BCUT2D eigenvalue weighted by atomic mass is 10.0. The zero-order chi connectivity index (χ0) is 10.0. The molecule has 0 saturated carbocycles. The van der Waals surface area contributed by atoms with Crippen LogP contribution >= 0.6 is 0 Å². The number of hydrogen-bond donors (Lipinski definition) is 2. The topological polar surface area (TPSA) is 46.2 Å². The van der Waals surface area contributed by atoms with Crippen molar-refractivity contribution in [3.8, 4) is 0 Å². The van der Waals surface area contributed by atoms with Crippen molar-refractivity contribution < 1.29 is 13.9 Å². The normalized spacial score (nSPS) is 15.5. The Hall–Kier alpha value is -1.00. The summed E-state index contributed by atoms with van der Waals surface area (Å²) in [6.07, 6.45) is -0.787. The fourth-order valence-electron chi connectivity index (χ4n) is 0.998. The van der Waals surface area contributed by atoms with Crippen LogP contribution in [-0.2, 0) is 0 Å². The minimum atomic E-state index is -0.950. The van der Waals surface area contributed by atoms with Gasteiger partial charge in [-0.25, -0.2) is 8.78 Å². The first kappa shape index (κ1) is 10.1. The Balaban J connectivity index is 2.97. The number of halogens is 2. The summed E-state index contributed by atoms with van der Waals surface area (Å²) in [7, 11) is 0.